The highest BCUT2D eigenvalue weighted by Gasteiger charge is 2.09. The summed E-state index contributed by atoms with van der Waals surface area (Å²) in [6.45, 7) is 7.33. The topological polar surface area (TPSA) is 28.7 Å². The number of nitrogens with one attached hydrogen (secondary N) is 1. The van der Waals surface area contributed by atoms with E-state index >= 15 is 0 Å². The number of hydrogen-bond donors (Lipinski definition) is 2. The molecule has 14 heavy (non-hydrogen) atoms. The molecule has 1 N–H and O–H groups in total. The van der Waals surface area contributed by atoms with Crippen LogP contribution in [0.3, 0.4) is 0 Å². The van der Waals surface area contributed by atoms with Crippen LogP contribution in [-0.2, 0) is 12.8 Å². The van der Waals surface area contributed by atoms with Crippen LogP contribution in [0.15, 0.2) is 25.3 Å². The molecule has 0 spiro atoms. The molecule has 0 amide bonds. The highest BCUT2D eigenvalue weighted by atomic mass is 32.1. The van der Waals surface area contributed by atoms with Crippen LogP contribution in [0.25, 0.3) is 0 Å². The number of aromatic nitrogens is 2. The Morgan fingerprint density at radius 3 is 2.57 bits per heavy atom. The van der Waals surface area contributed by atoms with Gasteiger partial charge in [-0.25, -0.2) is 4.98 Å². The van der Waals surface area contributed by atoms with E-state index in [4.69, 9.17) is 12.2 Å². The van der Waals surface area contributed by atoms with Gasteiger partial charge in [-0.15, -0.1) is 25.8 Å². The second-order valence-corrected chi connectivity index (χ2v) is 3.96. The van der Waals surface area contributed by atoms with Crippen LogP contribution in [0.5, 0.6) is 0 Å². The number of rotatable bonds is 5. The summed E-state index contributed by atoms with van der Waals surface area (Å²) in [4.78, 5) is 7.50. The van der Waals surface area contributed by atoms with Crippen LogP contribution in [-0.4, -0.2) is 14.2 Å². The van der Waals surface area contributed by atoms with Gasteiger partial charge in [-0.1, -0.05) is 24.4 Å². The Balaban J connectivity index is 3.04. The van der Waals surface area contributed by atoms with Crippen molar-refractivity contribution in [1.29, 1.82) is 0 Å². The van der Waals surface area contributed by atoms with Crippen molar-refractivity contribution in [2.24, 2.45) is 0 Å². The first-order valence-electron chi connectivity index (χ1n) is 4.22. The maximum absolute atomic E-state index is 4.98. The zero-order chi connectivity index (χ0) is 10.6. The lowest BCUT2D eigenvalue weighted by atomic mass is 10.2. The molecule has 1 rings (SSSR count). The Kier molecular flexibility index (Phi) is 4.10. The second-order valence-electron chi connectivity index (χ2n) is 2.80. The minimum atomic E-state index is 0.508. The number of H-pyrrole nitrogens is 1. The largest absolute Gasteiger partial charge is 0.345 e. The van der Waals surface area contributed by atoms with Gasteiger partial charge >= 0.3 is 0 Å². The summed E-state index contributed by atoms with van der Waals surface area (Å²) in [5.41, 5.74) is 1.72. The van der Waals surface area contributed by atoms with E-state index in [9.17, 15) is 0 Å². The standard InChI is InChI=1S/C10H12N2S2/c1-3-5-7-9(10(13)14)12-8(11-7)6-4-2/h3-4H,1-2,5-6H2,(H,11,12)(H,13,14). The van der Waals surface area contributed by atoms with Crippen molar-refractivity contribution in [2.75, 3.05) is 0 Å². The van der Waals surface area contributed by atoms with Crippen molar-refractivity contribution in [3.63, 3.8) is 0 Å². The van der Waals surface area contributed by atoms with Crippen LogP contribution >= 0.6 is 24.8 Å². The molecule has 0 atom stereocenters. The summed E-state index contributed by atoms with van der Waals surface area (Å²) in [5, 5.41) is 0. The molecule has 1 aromatic rings. The maximum Gasteiger partial charge on any atom is 0.110 e. The van der Waals surface area contributed by atoms with Crippen molar-refractivity contribution in [2.45, 2.75) is 12.8 Å². The minimum absolute atomic E-state index is 0.508. The molecule has 74 valence electrons. The lowest BCUT2D eigenvalue weighted by Crippen LogP contribution is -1.94. The molecule has 1 heterocycles. The zero-order valence-electron chi connectivity index (χ0n) is 7.79. The lowest BCUT2D eigenvalue weighted by Gasteiger charge is -1.94. The van der Waals surface area contributed by atoms with E-state index in [0.29, 0.717) is 10.6 Å². The Labute approximate surface area is 94.5 Å². The molecule has 0 fully saturated rings. The van der Waals surface area contributed by atoms with E-state index in [0.717, 1.165) is 23.6 Å². The average molecular weight is 224 g/mol. The Morgan fingerprint density at radius 2 is 2.07 bits per heavy atom. The molecule has 0 saturated carbocycles. The van der Waals surface area contributed by atoms with Crippen LogP contribution in [0.4, 0.5) is 0 Å². The van der Waals surface area contributed by atoms with Crippen LogP contribution < -0.4 is 0 Å². The predicted octanol–water partition coefficient (Wildman–Crippen LogP) is 2.47. The van der Waals surface area contributed by atoms with Crippen molar-refractivity contribution >= 4 is 29.0 Å². The first kappa shape index (κ1) is 11.2. The van der Waals surface area contributed by atoms with Crippen molar-refractivity contribution in [1.82, 2.24) is 9.97 Å². The lowest BCUT2D eigenvalue weighted by molar-refractivity contribution is 1.03. The summed E-state index contributed by atoms with van der Waals surface area (Å²) in [5.74, 6) is 0.864. The molecular formula is C10H12N2S2. The van der Waals surface area contributed by atoms with E-state index in [1.807, 2.05) is 0 Å². The van der Waals surface area contributed by atoms with Gasteiger partial charge in [0.2, 0.25) is 0 Å². The van der Waals surface area contributed by atoms with E-state index in [-0.39, 0.29) is 0 Å². The van der Waals surface area contributed by atoms with Crippen LogP contribution in [0.1, 0.15) is 17.2 Å². The third-order valence-electron chi connectivity index (χ3n) is 1.72. The molecule has 0 aromatic carbocycles. The quantitative estimate of drug-likeness (QED) is 0.457. The third-order valence-corrected chi connectivity index (χ3v) is 2.12. The SMILES string of the molecule is C=CCc1nc(C(=S)S)c(CC=C)[nH]1. The van der Waals surface area contributed by atoms with Gasteiger partial charge in [0.15, 0.2) is 0 Å². The second kappa shape index (κ2) is 5.12. The number of thiocarbonyl (C=S) groups is 1. The molecule has 0 aliphatic heterocycles. The smallest absolute Gasteiger partial charge is 0.110 e. The number of allylic oxidation sites excluding steroid dienone is 2. The van der Waals surface area contributed by atoms with E-state index in [1.54, 1.807) is 12.2 Å². The summed E-state index contributed by atoms with van der Waals surface area (Å²) in [6, 6.07) is 0. The van der Waals surface area contributed by atoms with Crippen LogP contribution in [0.2, 0.25) is 0 Å². The van der Waals surface area contributed by atoms with Gasteiger partial charge in [0.1, 0.15) is 11.5 Å². The first-order valence-corrected chi connectivity index (χ1v) is 5.07. The molecule has 2 nitrogen and oxygen atoms in total. The van der Waals surface area contributed by atoms with Gasteiger partial charge in [0.25, 0.3) is 0 Å². The van der Waals surface area contributed by atoms with Gasteiger partial charge in [-0.2, -0.15) is 0 Å². The molecule has 1 aromatic heterocycles. The Morgan fingerprint density at radius 1 is 1.43 bits per heavy atom. The molecule has 0 aliphatic rings. The number of nitrogens with zero attached hydrogens (tertiary/aromatic N) is 1. The number of thiol groups is 1. The van der Waals surface area contributed by atoms with Gasteiger partial charge in [-0.05, 0) is 0 Å². The monoisotopic (exact) mass is 224 g/mol. The molecule has 0 unspecified atom stereocenters. The van der Waals surface area contributed by atoms with Crippen LogP contribution in [0, 0.1) is 0 Å². The average Bonchev–Trinajstić information content (AvgIpc) is 2.49. The van der Waals surface area contributed by atoms with Gasteiger partial charge in [-0.3, -0.25) is 0 Å². The Hall–Kier alpha value is -0.870. The highest BCUT2D eigenvalue weighted by molar-refractivity contribution is 8.11. The molecule has 0 radical (unpaired) electrons. The minimum Gasteiger partial charge on any atom is -0.345 e. The van der Waals surface area contributed by atoms with Gasteiger partial charge in [0.05, 0.1) is 4.20 Å². The summed E-state index contributed by atoms with van der Waals surface area (Å²) >= 11 is 9.10. The summed E-state index contributed by atoms with van der Waals surface area (Å²) in [6.07, 6.45) is 5.03. The van der Waals surface area contributed by atoms with E-state index in [2.05, 4.69) is 35.8 Å². The fourth-order valence-electron chi connectivity index (χ4n) is 1.17. The van der Waals surface area contributed by atoms with Crippen molar-refractivity contribution < 1.29 is 0 Å². The highest BCUT2D eigenvalue weighted by Crippen LogP contribution is 2.11. The van der Waals surface area contributed by atoms with Crippen molar-refractivity contribution in [3.05, 3.63) is 42.5 Å². The number of imidazole rings is 1. The maximum atomic E-state index is 4.98. The predicted molar refractivity (Wildman–Crippen MR) is 67.1 cm³/mol. The zero-order valence-corrected chi connectivity index (χ0v) is 9.50. The van der Waals surface area contributed by atoms with Gasteiger partial charge in [0, 0.05) is 18.5 Å². The van der Waals surface area contributed by atoms with Gasteiger partial charge < -0.3 is 4.98 Å². The molecular weight excluding hydrogens is 212 g/mol. The summed E-state index contributed by atoms with van der Waals surface area (Å²) in [7, 11) is 0. The first-order chi connectivity index (χ1) is 6.69. The normalized spacial score (nSPS) is 9.79. The Bertz CT molecular complexity index is 366. The number of hydrogen-bond acceptors (Lipinski definition) is 2. The molecule has 0 aliphatic carbocycles. The molecule has 0 bridgehead atoms. The van der Waals surface area contributed by atoms with E-state index < -0.39 is 0 Å². The number of aromatic amines is 1. The third kappa shape index (κ3) is 2.56. The molecule has 0 saturated heterocycles. The van der Waals surface area contributed by atoms with E-state index in [1.165, 1.54) is 0 Å². The molecule has 4 heteroatoms. The summed E-state index contributed by atoms with van der Waals surface area (Å²) < 4.78 is 0.508. The van der Waals surface area contributed by atoms with Crippen molar-refractivity contribution in [3.8, 4) is 0 Å². The fourth-order valence-corrected chi connectivity index (χ4v) is 1.52. The fraction of sp³-hybridized carbons (Fsp3) is 0.200.